The van der Waals surface area contributed by atoms with Gasteiger partial charge in [-0.3, -0.25) is 0 Å². The monoisotopic (exact) mass is 260 g/mol. The van der Waals surface area contributed by atoms with Gasteiger partial charge in [0.1, 0.15) is 5.82 Å². The number of hydrogen-bond acceptors (Lipinski definition) is 4. The Kier molecular flexibility index (Phi) is 2.33. The van der Waals surface area contributed by atoms with Crippen LogP contribution in [0.5, 0.6) is 0 Å². The van der Waals surface area contributed by atoms with E-state index >= 15 is 0 Å². The summed E-state index contributed by atoms with van der Waals surface area (Å²) < 4.78 is 2.19. The van der Waals surface area contributed by atoms with Gasteiger partial charge in [0.05, 0.1) is 6.04 Å². The Hall–Kier alpha value is -1.49. The van der Waals surface area contributed by atoms with Gasteiger partial charge in [0.15, 0.2) is 5.82 Å². The maximum absolute atomic E-state index is 4.78. The molecular formula is C13H16N4S. The van der Waals surface area contributed by atoms with E-state index in [0.717, 1.165) is 31.7 Å². The Balaban J connectivity index is 1.82. The molecule has 18 heavy (non-hydrogen) atoms. The van der Waals surface area contributed by atoms with Gasteiger partial charge in [-0.2, -0.15) is 16.4 Å². The molecule has 4 nitrogen and oxygen atoms in total. The first-order chi connectivity index (χ1) is 8.93. The molecule has 1 unspecified atom stereocenters. The molecule has 2 aromatic heterocycles. The largest absolute Gasteiger partial charge is 0.370 e. The van der Waals surface area contributed by atoms with Crippen LogP contribution in [0.15, 0.2) is 16.8 Å². The van der Waals surface area contributed by atoms with Gasteiger partial charge in [0.2, 0.25) is 0 Å². The predicted octanol–water partition coefficient (Wildman–Crippen LogP) is 2.71. The number of anilines is 2. The lowest BCUT2D eigenvalue weighted by Gasteiger charge is -2.25. The normalized spacial score (nSPS) is 21.7. The minimum Gasteiger partial charge on any atom is -0.370 e. The van der Waals surface area contributed by atoms with E-state index in [0.29, 0.717) is 6.04 Å². The molecule has 0 radical (unpaired) electrons. The summed E-state index contributed by atoms with van der Waals surface area (Å²) in [5.41, 5.74) is 2.77. The Morgan fingerprint density at radius 3 is 3.22 bits per heavy atom. The zero-order valence-corrected chi connectivity index (χ0v) is 11.0. The van der Waals surface area contributed by atoms with Gasteiger partial charge in [0.25, 0.3) is 0 Å². The van der Waals surface area contributed by atoms with Crippen molar-refractivity contribution in [3.8, 4) is 0 Å². The van der Waals surface area contributed by atoms with Crippen molar-refractivity contribution >= 4 is 23.0 Å². The topological polar surface area (TPSA) is 41.9 Å². The van der Waals surface area contributed by atoms with Crippen LogP contribution in [0.3, 0.4) is 0 Å². The molecule has 0 fully saturated rings. The lowest BCUT2D eigenvalue weighted by atomic mass is 10.0. The van der Waals surface area contributed by atoms with Crippen LogP contribution in [0.25, 0.3) is 0 Å². The van der Waals surface area contributed by atoms with Crippen molar-refractivity contribution in [1.29, 1.82) is 0 Å². The zero-order valence-electron chi connectivity index (χ0n) is 10.1. The molecule has 0 amide bonds. The summed E-state index contributed by atoms with van der Waals surface area (Å²) >= 11 is 1.77. The Morgan fingerprint density at radius 2 is 2.33 bits per heavy atom. The van der Waals surface area contributed by atoms with E-state index in [1.165, 1.54) is 23.4 Å². The highest BCUT2D eigenvalue weighted by molar-refractivity contribution is 7.07. The minimum atomic E-state index is 0.403. The molecular weight excluding hydrogens is 244 g/mol. The maximum Gasteiger partial charge on any atom is 0.153 e. The maximum atomic E-state index is 4.78. The second kappa shape index (κ2) is 4.02. The molecule has 0 bridgehead atoms. The third-order valence-corrected chi connectivity index (χ3v) is 4.54. The summed E-state index contributed by atoms with van der Waals surface area (Å²) in [6.45, 7) is 2.09. The number of rotatable bonds is 1. The lowest BCUT2D eigenvalue weighted by Crippen LogP contribution is -2.24. The van der Waals surface area contributed by atoms with Crippen LogP contribution in [-0.4, -0.2) is 22.9 Å². The average molecular weight is 260 g/mol. The van der Waals surface area contributed by atoms with E-state index in [4.69, 9.17) is 5.10 Å². The van der Waals surface area contributed by atoms with Crippen LogP contribution in [0.4, 0.5) is 11.6 Å². The van der Waals surface area contributed by atoms with Crippen molar-refractivity contribution in [3.63, 3.8) is 0 Å². The molecule has 5 heteroatoms. The second-order valence-electron chi connectivity index (χ2n) is 4.94. The van der Waals surface area contributed by atoms with Crippen molar-refractivity contribution in [1.82, 2.24) is 9.78 Å². The van der Waals surface area contributed by atoms with Gasteiger partial charge in [-0.25, -0.2) is 4.68 Å². The molecule has 2 aromatic rings. The number of hydrogen-bond donors (Lipinski definition) is 2. The Morgan fingerprint density at radius 1 is 1.33 bits per heavy atom. The van der Waals surface area contributed by atoms with E-state index in [9.17, 15) is 0 Å². The number of nitrogens with zero attached hydrogens (tertiary/aromatic N) is 2. The lowest BCUT2D eigenvalue weighted by molar-refractivity contribution is 0.484. The summed E-state index contributed by atoms with van der Waals surface area (Å²) in [7, 11) is 0. The molecule has 0 saturated carbocycles. The van der Waals surface area contributed by atoms with Crippen LogP contribution < -0.4 is 10.6 Å². The van der Waals surface area contributed by atoms with Crippen LogP contribution in [-0.2, 0) is 6.42 Å². The highest BCUT2D eigenvalue weighted by Crippen LogP contribution is 2.37. The van der Waals surface area contributed by atoms with Crippen molar-refractivity contribution in [2.45, 2.75) is 25.3 Å². The average Bonchev–Trinajstić information content (AvgIpc) is 3.05. The molecule has 0 aliphatic carbocycles. The molecule has 94 valence electrons. The number of nitrogens with one attached hydrogen (secondary N) is 2. The van der Waals surface area contributed by atoms with Crippen molar-refractivity contribution in [3.05, 3.63) is 28.0 Å². The van der Waals surface area contributed by atoms with Crippen LogP contribution in [0.1, 0.15) is 30.0 Å². The highest BCUT2D eigenvalue weighted by Gasteiger charge is 2.28. The first kappa shape index (κ1) is 10.4. The molecule has 4 rings (SSSR count). The zero-order chi connectivity index (χ0) is 11.9. The summed E-state index contributed by atoms with van der Waals surface area (Å²) in [5.74, 6) is 2.32. The standard InChI is InChI=1S/C13H16N4S/c1-2-10-12(14-5-1)16-17-11(3-6-15-13(10)17)9-4-7-18-8-9/h4,7-8,11,15H,1-3,5-6H2,(H,14,16). The van der Waals surface area contributed by atoms with Crippen LogP contribution in [0.2, 0.25) is 0 Å². The summed E-state index contributed by atoms with van der Waals surface area (Å²) in [4.78, 5) is 0. The fourth-order valence-electron chi connectivity index (χ4n) is 2.95. The third kappa shape index (κ3) is 1.47. The van der Waals surface area contributed by atoms with E-state index in [2.05, 4.69) is 32.1 Å². The highest BCUT2D eigenvalue weighted by atomic mass is 32.1. The SMILES string of the molecule is c1cc(C2CCNc3c4c(nn32)NCCC4)cs1. The number of aromatic nitrogens is 2. The molecule has 2 aliphatic heterocycles. The van der Waals surface area contributed by atoms with Gasteiger partial charge in [0, 0.05) is 18.7 Å². The minimum absolute atomic E-state index is 0.403. The fraction of sp³-hybridized carbons (Fsp3) is 0.462. The van der Waals surface area contributed by atoms with Crippen LogP contribution >= 0.6 is 11.3 Å². The van der Waals surface area contributed by atoms with E-state index in [1.54, 1.807) is 11.3 Å². The van der Waals surface area contributed by atoms with E-state index < -0.39 is 0 Å². The van der Waals surface area contributed by atoms with Crippen molar-refractivity contribution in [2.24, 2.45) is 0 Å². The summed E-state index contributed by atoms with van der Waals surface area (Å²) in [6.07, 6.45) is 3.46. The van der Waals surface area contributed by atoms with E-state index in [-0.39, 0.29) is 0 Å². The van der Waals surface area contributed by atoms with E-state index in [1.807, 2.05) is 0 Å². The van der Waals surface area contributed by atoms with Crippen molar-refractivity contribution < 1.29 is 0 Å². The third-order valence-electron chi connectivity index (χ3n) is 3.84. The number of thiophene rings is 1. The predicted molar refractivity (Wildman–Crippen MR) is 74.6 cm³/mol. The molecule has 2 N–H and O–H groups in total. The van der Waals surface area contributed by atoms with Gasteiger partial charge in [-0.05, 0) is 41.7 Å². The summed E-state index contributed by atoms with van der Waals surface area (Å²) in [5, 5.41) is 16.1. The summed E-state index contributed by atoms with van der Waals surface area (Å²) in [6, 6.07) is 2.62. The smallest absolute Gasteiger partial charge is 0.153 e. The number of fused-ring (bicyclic) bond motifs is 3. The van der Waals surface area contributed by atoms with Gasteiger partial charge >= 0.3 is 0 Å². The van der Waals surface area contributed by atoms with Crippen LogP contribution in [0, 0.1) is 0 Å². The molecule has 0 aromatic carbocycles. The molecule has 0 saturated heterocycles. The Labute approximate surface area is 110 Å². The first-order valence-electron chi connectivity index (χ1n) is 6.55. The Bertz CT molecular complexity index is 558. The molecule has 4 heterocycles. The fourth-order valence-corrected chi connectivity index (χ4v) is 3.66. The molecule has 0 spiro atoms. The van der Waals surface area contributed by atoms with Gasteiger partial charge in [-0.15, -0.1) is 0 Å². The van der Waals surface area contributed by atoms with Gasteiger partial charge < -0.3 is 10.6 Å². The first-order valence-corrected chi connectivity index (χ1v) is 7.49. The second-order valence-corrected chi connectivity index (χ2v) is 5.72. The molecule has 1 atom stereocenters. The quantitative estimate of drug-likeness (QED) is 0.828. The van der Waals surface area contributed by atoms with Gasteiger partial charge in [-0.1, -0.05) is 0 Å². The molecule has 2 aliphatic rings. The van der Waals surface area contributed by atoms with Crippen molar-refractivity contribution in [2.75, 3.05) is 23.7 Å².